The predicted molar refractivity (Wildman–Crippen MR) is 106 cm³/mol. The van der Waals surface area contributed by atoms with E-state index >= 15 is 0 Å². The van der Waals surface area contributed by atoms with E-state index in [1.807, 2.05) is 31.1 Å². The van der Waals surface area contributed by atoms with Gasteiger partial charge in [0.2, 0.25) is 0 Å². The van der Waals surface area contributed by atoms with Gasteiger partial charge < -0.3 is 0 Å². The third-order valence-electron chi connectivity index (χ3n) is 4.13. The summed E-state index contributed by atoms with van der Waals surface area (Å²) in [5.41, 5.74) is 7.26. The van der Waals surface area contributed by atoms with Gasteiger partial charge in [-0.3, -0.25) is 0 Å². The minimum atomic E-state index is -0.385. The molecule has 1 amide bonds. The van der Waals surface area contributed by atoms with Gasteiger partial charge in [-0.15, -0.1) is 0 Å². The van der Waals surface area contributed by atoms with Crippen molar-refractivity contribution in [1.29, 1.82) is 0 Å². The Morgan fingerprint density at radius 2 is 2.00 bits per heavy atom. The van der Waals surface area contributed by atoms with Crippen LogP contribution in [0.1, 0.15) is 12.0 Å². The second-order valence-corrected chi connectivity index (χ2v) is 6.38. The first-order chi connectivity index (χ1) is 12.5. The molecule has 0 aliphatic carbocycles. The number of halogens is 1. The topological polar surface area (TPSA) is 88.0 Å². The number of pyridine rings is 1. The van der Waals surface area contributed by atoms with E-state index in [9.17, 15) is 9.59 Å². The summed E-state index contributed by atoms with van der Waals surface area (Å²) in [6.45, 7) is 5.78. The van der Waals surface area contributed by atoms with Gasteiger partial charge in [-0.05, 0) is 12.1 Å². The van der Waals surface area contributed by atoms with Gasteiger partial charge in [0.15, 0.2) is 0 Å². The first kappa shape index (κ1) is 18.0. The summed E-state index contributed by atoms with van der Waals surface area (Å²) < 4.78 is 0. The van der Waals surface area contributed by atoms with Gasteiger partial charge in [0.05, 0.1) is 0 Å². The number of aromatic nitrogens is 1. The molecule has 0 aliphatic heterocycles. The summed E-state index contributed by atoms with van der Waals surface area (Å²) in [5.74, 6) is 3.36. The monoisotopic (exact) mass is 365 g/mol. The van der Waals surface area contributed by atoms with Gasteiger partial charge in [0.1, 0.15) is 0 Å². The maximum atomic E-state index is 12.3. The Bertz CT molecular complexity index is 1140. The molecular weight excluding hydrogens is 348 g/mol. The van der Waals surface area contributed by atoms with Gasteiger partial charge in [0, 0.05) is 5.02 Å². The summed E-state index contributed by atoms with van der Waals surface area (Å²) in [6.07, 6.45) is 0.780. The molecule has 2 heterocycles. The Morgan fingerprint density at radius 3 is 2.73 bits per heavy atom. The molecular formula is C19H17BClN3O2. The second kappa shape index (κ2) is 7.58. The van der Waals surface area contributed by atoms with Crippen LogP contribution in [0, 0.1) is 0 Å². The van der Waals surface area contributed by atoms with Gasteiger partial charge in [-0.2, -0.15) is 0 Å². The molecule has 3 rings (SSSR count). The molecule has 0 radical (unpaired) electrons. The molecule has 0 spiro atoms. The number of carbonyl (C=O) groups is 1. The predicted octanol–water partition coefficient (Wildman–Crippen LogP) is 0.703. The molecule has 130 valence electrons. The molecule has 0 aliphatic rings. The Balaban J connectivity index is 1.84. The van der Waals surface area contributed by atoms with E-state index in [0.717, 1.165) is 10.9 Å². The van der Waals surface area contributed by atoms with Crippen molar-refractivity contribution in [2.45, 2.75) is 12.8 Å². The van der Waals surface area contributed by atoms with Crippen LogP contribution in [0.3, 0.4) is 0 Å². The summed E-state index contributed by atoms with van der Waals surface area (Å²) >= 11 is 5.84. The van der Waals surface area contributed by atoms with Crippen LogP contribution in [0.2, 0.25) is 5.02 Å². The van der Waals surface area contributed by atoms with E-state index in [2.05, 4.69) is 16.9 Å². The van der Waals surface area contributed by atoms with Crippen molar-refractivity contribution in [2.24, 2.45) is 5.73 Å². The third kappa shape index (κ3) is 3.86. The molecule has 2 aromatic heterocycles. The van der Waals surface area contributed by atoms with Crippen molar-refractivity contribution in [3.05, 3.63) is 73.6 Å². The summed E-state index contributed by atoms with van der Waals surface area (Å²) in [7, 11) is 0. The van der Waals surface area contributed by atoms with E-state index in [-0.39, 0.29) is 28.9 Å². The number of aryl methyl sites for hydroxylation is 1. The Kier molecular flexibility index (Phi) is 5.23. The van der Waals surface area contributed by atoms with Crippen LogP contribution in [0.4, 0.5) is 0 Å². The maximum absolute atomic E-state index is 12.3. The first-order valence-electron chi connectivity index (χ1n) is 8.10. The van der Waals surface area contributed by atoms with Crippen LogP contribution >= 0.6 is 11.6 Å². The van der Waals surface area contributed by atoms with E-state index in [4.69, 9.17) is 17.3 Å². The number of fused-ring (bicyclic) bond motifs is 1. The number of benzene rings is 1. The zero-order valence-corrected chi connectivity index (χ0v) is 14.8. The fourth-order valence-corrected chi connectivity index (χ4v) is 2.91. The number of carbonyl (C=O) groups excluding carboxylic acids is 1. The number of rotatable bonds is 4. The van der Waals surface area contributed by atoms with Crippen LogP contribution in [-0.4, -0.2) is 17.8 Å². The zero-order chi connectivity index (χ0) is 18.7. The summed E-state index contributed by atoms with van der Waals surface area (Å²) in [5, 5.41) is 4.69. The zero-order valence-electron chi connectivity index (χ0n) is 14.0. The molecule has 0 fully saturated rings. The number of amides is 1. The quantitative estimate of drug-likeness (QED) is 0.636. The van der Waals surface area contributed by atoms with E-state index in [0.29, 0.717) is 22.2 Å². The van der Waals surface area contributed by atoms with Gasteiger partial charge >= 0.3 is 126 Å². The van der Waals surface area contributed by atoms with Crippen molar-refractivity contribution >= 4 is 47.7 Å². The number of H-pyrrole nitrogens is 1. The fourth-order valence-electron chi connectivity index (χ4n) is 2.78. The Hall–Kier alpha value is -2.86. The number of nitrogens with two attached hydrogens (primary N) is 1. The molecule has 3 aromatic rings. The Morgan fingerprint density at radius 1 is 1.27 bits per heavy atom. The average Bonchev–Trinajstić information content (AvgIpc) is 2.61. The standard InChI is InChI=1S/C19H17BClN3O2/c1-11-14-8-9-20-10-15(14)23-19(26)17(11)18(22)24-16(25)7-4-12-2-5-13(21)6-3-12/h2-3,5-6,8-10H,1,4,7,22H2,(H,23,26)(H,24,25)/b18-17-. The molecule has 7 heteroatoms. The summed E-state index contributed by atoms with van der Waals surface area (Å²) in [4.78, 5) is 27.3. The Labute approximate surface area is 155 Å². The van der Waals surface area contributed by atoms with Crippen LogP contribution in [0.5, 0.6) is 0 Å². The average molecular weight is 366 g/mol. The van der Waals surface area contributed by atoms with Crippen molar-refractivity contribution in [3.8, 4) is 0 Å². The molecule has 4 N–H and O–H groups in total. The number of hydrogen-bond donors (Lipinski definition) is 3. The second-order valence-electron chi connectivity index (χ2n) is 5.94. The van der Waals surface area contributed by atoms with Crippen LogP contribution in [-0.2, 0) is 11.2 Å². The normalized spacial score (nSPS) is 11.9. The van der Waals surface area contributed by atoms with Gasteiger partial charge in [0.25, 0.3) is 0 Å². The van der Waals surface area contributed by atoms with E-state index in [1.54, 1.807) is 18.1 Å². The van der Waals surface area contributed by atoms with E-state index < -0.39 is 0 Å². The molecule has 0 unspecified atom stereocenters. The molecule has 0 atom stereocenters. The van der Waals surface area contributed by atoms with Crippen molar-refractivity contribution in [2.75, 3.05) is 0 Å². The van der Waals surface area contributed by atoms with Crippen molar-refractivity contribution < 1.29 is 4.79 Å². The van der Waals surface area contributed by atoms with Crippen molar-refractivity contribution in [3.63, 3.8) is 0 Å². The molecule has 1 aromatic carbocycles. The number of aromatic amines is 1. The molecule has 26 heavy (non-hydrogen) atoms. The SMILES string of the molecule is C=c1/c(=C(\N)NC(=O)CCc2ccc(Cl)cc2)c(=O)[nH]c2cbccc12. The molecule has 0 bridgehead atoms. The molecule has 5 nitrogen and oxygen atoms in total. The summed E-state index contributed by atoms with van der Waals surface area (Å²) in [6, 6.07) is 9.13. The minimum absolute atomic E-state index is 0.00288. The third-order valence-corrected chi connectivity index (χ3v) is 4.38. The van der Waals surface area contributed by atoms with Crippen LogP contribution in [0.15, 0.2) is 47.0 Å². The van der Waals surface area contributed by atoms with Gasteiger partial charge in [-0.1, -0.05) is 11.6 Å². The van der Waals surface area contributed by atoms with Crippen molar-refractivity contribution in [1.82, 2.24) is 10.3 Å². The van der Waals surface area contributed by atoms with E-state index in [1.165, 1.54) is 0 Å². The number of hydrogen-bond acceptors (Lipinski definition) is 3. The molecule has 0 saturated heterocycles. The van der Waals surface area contributed by atoms with Gasteiger partial charge in [-0.25, -0.2) is 0 Å². The molecule has 0 saturated carbocycles. The van der Waals surface area contributed by atoms with Crippen LogP contribution < -0.4 is 27.0 Å². The fraction of sp³-hybridized carbons (Fsp3) is 0.105. The van der Waals surface area contributed by atoms with Crippen LogP contribution in [0.25, 0.3) is 23.3 Å². The number of nitrogens with one attached hydrogen (secondary N) is 2. The first-order valence-corrected chi connectivity index (χ1v) is 8.47.